The lowest BCUT2D eigenvalue weighted by atomic mass is 9.82. The van der Waals surface area contributed by atoms with Crippen LogP contribution in [0.3, 0.4) is 0 Å². The number of aryl methyl sites for hydroxylation is 1. The van der Waals surface area contributed by atoms with Gasteiger partial charge in [-0.3, -0.25) is 14.5 Å². The first kappa shape index (κ1) is 35.9. The number of aromatic hydroxyl groups is 1. The zero-order valence-corrected chi connectivity index (χ0v) is 29.5. The van der Waals surface area contributed by atoms with E-state index in [2.05, 4.69) is 20.5 Å². The van der Waals surface area contributed by atoms with Crippen molar-refractivity contribution in [1.29, 1.82) is 0 Å². The summed E-state index contributed by atoms with van der Waals surface area (Å²) in [5.41, 5.74) is 5.78. The minimum atomic E-state index is -0.931. The van der Waals surface area contributed by atoms with E-state index in [0.717, 1.165) is 54.7 Å². The number of aromatic amines is 1. The van der Waals surface area contributed by atoms with Crippen LogP contribution in [0.2, 0.25) is 0 Å². The van der Waals surface area contributed by atoms with Gasteiger partial charge in [-0.2, -0.15) is 0 Å². The number of piperidine rings is 3. The number of carboxylic acid groups (broad SMARTS) is 1. The average Bonchev–Trinajstić information content (AvgIpc) is 3.17. The first-order chi connectivity index (χ1) is 25.7. The van der Waals surface area contributed by atoms with Gasteiger partial charge in [-0.05, 0) is 97.3 Å². The van der Waals surface area contributed by atoms with E-state index in [-0.39, 0.29) is 29.8 Å². The highest BCUT2D eigenvalue weighted by Gasteiger charge is 2.40. The molecule has 2 atom stereocenters. The van der Waals surface area contributed by atoms with Crippen molar-refractivity contribution in [3.8, 4) is 16.9 Å². The molecule has 6 N–H and O–H groups in total. The second kappa shape index (κ2) is 16.0. The van der Waals surface area contributed by atoms with Crippen molar-refractivity contribution in [3.05, 3.63) is 124 Å². The Labute approximate surface area is 307 Å². The maximum absolute atomic E-state index is 12.9. The van der Waals surface area contributed by atoms with Gasteiger partial charge < -0.3 is 35.8 Å². The lowest BCUT2D eigenvalue weighted by molar-refractivity contribution is -0.116. The summed E-state index contributed by atoms with van der Waals surface area (Å²) in [6.45, 7) is 3.55. The lowest BCUT2D eigenvalue weighted by Gasteiger charge is -2.48. The van der Waals surface area contributed by atoms with Gasteiger partial charge >= 0.3 is 6.09 Å². The second-order valence-electron chi connectivity index (χ2n) is 14.1. The molecule has 11 heteroatoms. The Morgan fingerprint density at radius 3 is 2.40 bits per heavy atom. The maximum atomic E-state index is 12.9. The van der Waals surface area contributed by atoms with Crippen LogP contribution in [0.1, 0.15) is 48.5 Å². The molecule has 53 heavy (non-hydrogen) atoms. The highest BCUT2D eigenvalue weighted by Crippen LogP contribution is 2.39. The lowest BCUT2D eigenvalue weighted by Crippen LogP contribution is -2.59. The average molecular weight is 716 g/mol. The van der Waals surface area contributed by atoms with Gasteiger partial charge in [-0.1, -0.05) is 60.7 Å². The molecule has 4 heterocycles. The van der Waals surface area contributed by atoms with Gasteiger partial charge in [0.15, 0.2) is 0 Å². The van der Waals surface area contributed by atoms with E-state index in [1.54, 1.807) is 17.0 Å². The van der Waals surface area contributed by atoms with E-state index in [1.165, 1.54) is 12.1 Å². The Bertz CT molecular complexity index is 2130. The number of aromatic nitrogens is 1. The number of phenols is 1. The van der Waals surface area contributed by atoms with Crippen LogP contribution in [0.5, 0.6) is 5.75 Å². The molecule has 2 amide bonds. The van der Waals surface area contributed by atoms with Crippen molar-refractivity contribution in [2.45, 2.75) is 50.8 Å². The maximum Gasteiger partial charge on any atom is 0.412 e. The van der Waals surface area contributed by atoms with E-state index in [4.69, 9.17) is 0 Å². The minimum Gasteiger partial charge on any atom is -0.506 e. The molecular weight excluding hydrogens is 670 g/mol. The number of nitrogens with zero attached hydrogens (tertiary/aromatic N) is 2. The summed E-state index contributed by atoms with van der Waals surface area (Å²) in [6.07, 6.45) is 1.80. The molecule has 0 spiro atoms. The number of rotatable bonds is 13. The van der Waals surface area contributed by atoms with Gasteiger partial charge in [0.1, 0.15) is 5.75 Å². The van der Waals surface area contributed by atoms with Crippen LogP contribution in [-0.4, -0.2) is 69.4 Å². The summed E-state index contributed by atoms with van der Waals surface area (Å²) in [6, 6.07) is 29.5. The van der Waals surface area contributed by atoms with Gasteiger partial charge in [0.25, 0.3) is 0 Å². The first-order valence-electron chi connectivity index (χ1n) is 18.3. The number of pyridine rings is 1. The number of fused-ring (bicyclic) bond motifs is 4. The highest BCUT2D eigenvalue weighted by molar-refractivity contribution is 5.94. The third-order valence-corrected chi connectivity index (χ3v) is 10.6. The molecule has 274 valence electrons. The minimum absolute atomic E-state index is 0.0553. The number of H-pyrrole nitrogens is 1. The van der Waals surface area contributed by atoms with Crippen LogP contribution in [-0.2, 0) is 17.8 Å². The normalized spacial score (nSPS) is 18.5. The van der Waals surface area contributed by atoms with E-state index in [9.17, 15) is 29.7 Å². The van der Waals surface area contributed by atoms with Crippen LogP contribution in [0.25, 0.3) is 22.0 Å². The quantitative estimate of drug-likeness (QED) is 0.0834. The number of carbonyl (C=O) groups is 2. The predicted molar refractivity (Wildman–Crippen MR) is 206 cm³/mol. The van der Waals surface area contributed by atoms with Crippen molar-refractivity contribution in [2.24, 2.45) is 5.92 Å². The van der Waals surface area contributed by atoms with Gasteiger partial charge in [-0.15, -0.1) is 0 Å². The summed E-state index contributed by atoms with van der Waals surface area (Å²) in [7, 11) is 0. The van der Waals surface area contributed by atoms with Crippen molar-refractivity contribution < 1.29 is 24.9 Å². The summed E-state index contributed by atoms with van der Waals surface area (Å²) in [5.74, 6) is 0.195. The van der Waals surface area contributed by atoms with Crippen LogP contribution in [0.4, 0.5) is 16.2 Å². The molecule has 2 bridgehead atoms. The van der Waals surface area contributed by atoms with Crippen molar-refractivity contribution >= 4 is 34.3 Å². The molecule has 3 fully saturated rings. The molecule has 3 saturated heterocycles. The molecular formula is C42H45N5O6. The summed E-state index contributed by atoms with van der Waals surface area (Å²) >= 11 is 0. The second-order valence-corrected chi connectivity index (χ2v) is 14.1. The Morgan fingerprint density at radius 1 is 0.925 bits per heavy atom. The summed E-state index contributed by atoms with van der Waals surface area (Å²) in [4.78, 5) is 44.1. The van der Waals surface area contributed by atoms with Crippen molar-refractivity contribution in [3.63, 3.8) is 0 Å². The molecule has 0 radical (unpaired) electrons. The molecule has 0 unspecified atom stereocenters. The molecule has 0 aliphatic carbocycles. The monoisotopic (exact) mass is 715 g/mol. The van der Waals surface area contributed by atoms with Gasteiger partial charge in [0.05, 0.1) is 23.3 Å². The third kappa shape index (κ3) is 8.28. The standard InChI is InChI=1S/C42H45N5O6/c48-37-17-15-33(34-16-18-40(51)45-41(34)37)38(49)25-43-24-28-9-12-31(13-10-28)44-39(50)8-4-5-27-11-14-32(29-6-2-1-3-7-29)35(23-27)47(42(52)53)36-26-46-21-19-30(36)20-22-46/h1-3,6-7,9-18,23,30,36,38,43,48-49H,4-5,8,19-22,24-26H2,(H,44,50)(H,45,51)(H,52,53)/t36-,38-/m0/s1. The van der Waals surface area contributed by atoms with E-state index in [1.807, 2.05) is 72.8 Å². The third-order valence-electron chi connectivity index (χ3n) is 10.6. The molecule has 4 aromatic carbocycles. The van der Waals surface area contributed by atoms with Gasteiger partial charge in [0.2, 0.25) is 11.5 Å². The number of benzene rings is 4. The number of anilines is 2. The fraction of sp³-hybridized carbons (Fsp3) is 0.310. The predicted octanol–water partition coefficient (Wildman–Crippen LogP) is 6.26. The van der Waals surface area contributed by atoms with E-state index in [0.29, 0.717) is 59.6 Å². The van der Waals surface area contributed by atoms with E-state index >= 15 is 0 Å². The number of carbonyl (C=O) groups excluding carboxylic acids is 1. The number of amides is 2. The zero-order valence-electron chi connectivity index (χ0n) is 29.5. The van der Waals surface area contributed by atoms with Gasteiger partial charge in [0, 0.05) is 48.8 Å². The van der Waals surface area contributed by atoms with Crippen LogP contribution >= 0.6 is 0 Å². The molecule has 3 aliphatic heterocycles. The fourth-order valence-electron chi connectivity index (χ4n) is 7.84. The van der Waals surface area contributed by atoms with Crippen molar-refractivity contribution in [2.75, 3.05) is 36.4 Å². The summed E-state index contributed by atoms with van der Waals surface area (Å²) < 4.78 is 0. The number of hydrogen-bond donors (Lipinski definition) is 6. The number of phenolic OH excluding ortho intramolecular Hbond substituents is 1. The summed E-state index contributed by atoms with van der Waals surface area (Å²) in [5, 5.41) is 38.3. The van der Waals surface area contributed by atoms with Crippen LogP contribution in [0, 0.1) is 5.92 Å². The Kier molecular flexibility index (Phi) is 10.9. The fourth-order valence-corrected chi connectivity index (χ4v) is 7.84. The highest BCUT2D eigenvalue weighted by atomic mass is 16.4. The molecule has 11 nitrogen and oxygen atoms in total. The first-order valence-corrected chi connectivity index (χ1v) is 18.3. The molecule has 3 aliphatic rings. The number of hydrogen-bond acceptors (Lipinski definition) is 7. The van der Waals surface area contributed by atoms with Crippen LogP contribution in [0.15, 0.2) is 102 Å². The number of nitrogens with one attached hydrogen (secondary N) is 3. The number of aliphatic hydroxyl groups is 1. The van der Waals surface area contributed by atoms with Gasteiger partial charge in [-0.25, -0.2) is 4.79 Å². The molecule has 8 rings (SSSR count). The SMILES string of the molecule is O=C(CCCc1ccc(-c2ccccc2)c(N(C(=O)O)[C@H]2CN3CCC2CC3)c1)Nc1ccc(CNC[C@H](O)c2ccc(O)c3[nH]c(=O)ccc23)cc1. The number of aliphatic hydroxyl groups excluding tert-OH is 1. The topological polar surface area (TPSA) is 158 Å². The Balaban J connectivity index is 0.933. The molecule has 1 aromatic heterocycles. The Morgan fingerprint density at radius 2 is 1.68 bits per heavy atom. The molecule has 5 aromatic rings. The van der Waals surface area contributed by atoms with Crippen molar-refractivity contribution in [1.82, 2.24) is 15.2 Å². The largest absolute Gasteiger partial charge is 0.506 e. The van der Waals surface area contributed by atoms with E-state index < -0.39 is 12.2 Å². The molecule has 0 saturated carbocycles. The zero-order chi connectivity index (χ0) is 36.9. The Hall–Kier alpha value is -5.49. The smallest absolute Gasteiger partial charge is 0.412 e. The van der Waals surface area contributed by atoms with Crippen LogP contribution < -0.4 is 21.1 Å².